The number of aliphatic hydroxyl groups excluding tert-OH is 1. The molecule has 0 aliphatic carbocycles. The minimum absolute atomic E-state index is 0.0602. The van der Waals surface area contributed by atoms with Crippen LogP contribution in [0.25, 0.3) is 0 Å². The number of nitrogens with zero attached hydrogens (tertiary/aromatic N) is 4. The summed E-state index contributed by atoms with van der Waals surface area (Å²) < 4.78 is 0. The zero-order chi connectivity index (χ0) is 16.0. The molecule has 118 valence electrons. The second-order valence-electron chi connectivity index (χ2n) is 4.86. The molecule has 0 aliphatic rings. The largest absolute Gasteiger partial charge is 0.480 e. The lowest BCUT2D eigenvalue weighted by Crippen LogP contribution is -2.37. The van der Waals surface area contributed by atoms with Crippen LogP contribution in [0.15, 0.2) is 0 Å². The molecule has 1 heterocycles. The summed E-state index contributed by atoms with van der Waals surface area (Å²) in [5.41, 5.74) is 0. The smallest absolute Gasteiger partial charge is 0.326 e. The fourth-order valence-electron chi connectivity index (χ4n) is 1.43. The van der Waals surface area contributed by atoms with E-state index in [0.29, 0.717) is 12.5 Å². The van der Waals surface area contributed by atoms with Crippen molar-refractivity contribution in [2.45, 2.75) is 32.9 Å². The molecule has 0 radical (unpaired) electrons. The summed E-state index contributed by atoms with van der Waals surface area (Å²) in [5, 5.41) is 23.8. The molecule has 0 bridgehead atoms. The second kappa shape index (κ2) is 7.58. The van der Waals surface area contributed by atoms with Crippen LogP contribution in [0.4, 0.5) is 17.8 Å². The van der Waals surface area contributed by atoms with Crippen LogP contribution in [0.1, 0.15) is 20.8 Å². The Bertz CT molecular complexity index is 482. The van der Waals surface area contributed by atoms with E-state index in [2.05, 4.69) is 25.6 Å². The summed E-state index contributed by atoms with van der Waals surface area (Å²) >= 11 is 0. The Morgan fingerprint density at radius 1 is 1.24 bits per heavy atom. The average molecular weight is 298 g/mol. The zero-order valence-electron chi connectivity index (χ0n) is 12.7. The fraction of sp³-hybridized carbons (Fsp3) is 0.667. The highest BCUT2D eigenvalue weighted by molar-refractivity contribution is 5.76. The van der Waals surface area contributed by atoms with E-state index in [4.69, 9.17) is 10.2 Å². The normalized spacial score (nSPS) is 12.1. The third kappa shape index (κ3) is 5.03. The van der Waals surface area contributed by atoms with Crippen molar-refractivity contribution in [1.82, 2.24) is 15.0 Å². The van der Waals surface area contributed by atoms with Crippen molar-refractivity contribution in [3.63, 3.8) is 0 Å². The topological polar surface area (TPSA) is 124 Å². The Kier molecular flexibility index (Phi) is 6.10. The van der Waals surface area contributed by atoms with Crippen LogP contribution in [-0.2, 0) is 4.79 Å². The van der Waals surface area contributed by atoms with Gasteiger partial charge in [0.1, 0.15) is 6.04 Å². The summed E-state index contributed by atoms with van der Waals surface area (Å²) in [6.07, 6.45) is 0. The monoisotopic (exact) mass is 298 g/mol. The van der Waals surface area contributed by atoms with Crippen LogP contribution in [-0.4, -0.2) is 63.4 Å². The minimum atomic E-state index is -0.971. The quantitative estimate of drug-likeness (QED) is 0.525. The van der Waals surface area contributed by atoms with E-state index in [1.54, 1.807) is 14.0 Å². The molecule has 4 N–H and O–H groups in total. The number of nitrogens with one attached hydrogen (secondary N) is 2. The molecule has 1 atom stereocenters. The zero-order valence-corrected chi connectivity index (χ0v) is 12.7. The van der Waals surface area contributed by atoms with Crippen LogP contribution in [0.5, 0.6) is 0 Å². The standard InChI is InChI=1S/C12H22N6O3/c1-7(2)14-11-15-10(13-5-6-19)16-12(17-11)18(4)8(3)9(20)21/h7-8,19H,5-6H2,1-4H3,(H,20,21)(H2,13,14,15,16,17). The van der Waals surface area contributed by atoms with Gasteiger partial charge in [0.15, 0.2) is 0 Å². The van der Waals surface area contributed by atoms with Crippen molar-refractivity contribution in [3.8, 4) is 0 Å². The van der Waals surface area contributed by atoms with Crippen LogP contribution in [0.3, 0.4) is 0 Å². The predicted molar refractivity (Wildman–Crippen MR) is 79.7 cm³/mol. The maximum atomic E-state index is 11.1. The predicted octanol–water partition coefficient (Wildman–Crippen LogP) is 0.00540. The molecule has 0 spiro atoms. The van der Waals surface area contributed by atoms with Crippen molar-refractivity contribution in [1.29, 1.82) is 0 Å². The Balaban J connectivity index is 3.07. The molecule has 0 fully saturated rings. The van der Waals surface area contributed by atoms with Crippen molar-refractivity contribution in [2.24, 2.45) is 0 Å². The van der Waals surface area contributed by atoms with Crippen LogP contribution >= 0.6 is 0 Å². The van der Waals surface area contributed by atoms with E-state index in [1.807, 2.05) is 13.8 Å². The Labute approximate surface area is 123 Å². The number of carboxylic acids is 1. The molecule has 9 nitrogen and oxygen atoms in total. The number of carboxylic acid groups (broad SMARTS) is 1. The van der Waals surface area contributed by atoms with Gasteiger partial charge in [0.2, 0.25) is 17.8 Å². The molecule has 0 aromatic carbocycles. The molecule has 21 heavy (non-hydrogen) atoms. The highest BCUT2D eigenvalue weighted by atomic mass is 16.4. The highest BCUT2D eigenvalue weighted by Gasteiger charge is 2.21. The lowest BCUT2D eigenvalue weighted by atomic mass is 10.3. The van der Waals surface area contributed by atoms with Gasteiger partial charge in [0.05, 0.1) is 6.61 Å². The average Bonchev–Trinajstić information content (AvgIpc) is 2.42. The van der Waals surface area contributed by atoms with Crippen molar-refractivity contribution < 1.29 is 15.0 Å². The van der Waals surface area contributed by atoms with Gasteiger partial charge in [-0.2, -0.15) is 15.0 Å². The molecular weight excluding hydrogens is 276 g/mol. The van der Waals surface area contributed by atoms with Crippen molar-refractivity contribution >= 4 is 23.8 Å². The van der Waals surface area contributed by atoms with E-state index in [0.717, 1.165) is 0 Å². The number of rotatable bonds is 8. The lowest BCUT2D eigenvalue weighted by Gasteiger charge is -2.22. The Morgan fingerprint density at radius 2 is 1.86 bits per heavy atom. The van der Waals surface area contributed by atoms with Gasteiger partial charge in [-0.25, -0.2) is 4.79 Å². The van der Waals surface area contributed by atoms with Gasteiger partial charge in [-0.05, 0) is 20.8 Å². The Morgan fingerprint density at radius 3 is 2.38 bits per heavy atom. The van der Waals surface area contributed by atoms with Crippen LogP contribution in [0.2, 0.25) is 0 Å². The first-order chi connectivity index (χ1) is 9.85. The molecule has 0 saturated heterocycles. The summed E-state index contributed by atoms with van der Waals surface area (Å²) in [4.78, 5) is 25.0. The van der Waals surface area contributed by atoms with E-state index < -0.39 is 12.0 Å². The number of hydrogen-bond acceptors (Lipinski definition) is 8. The highest BCUT2D eigenvalue weighted by Crippen LogP contribution is 2.15. The van der Waals surface area contributed by atoms with Crippen molar-refractivity contribution in [3.05, 3.63) is 0 Å². The molecule has 0 saturated carbocycles. The second-order valence-corrected chi connectivity index (χ2v) is 4.86. The molecule has 1 aromatic rings. The summed E-state index contributed by atoms with van der Waals surface area (Å²) in [6, 6.07) is -0.655. The van der Waals surface area contributed by atoms with Gasteiger partial charge < -0.3 is 25.7 Å². The number of anilines is 3. The maximum Gasteiger partial charge on any atom is 0.326 e. The SMILES string of the molecule is CC(C)Nc1nc(NCCO)nc(N(C)C(C)C(=O)O)n1. The molecular formula is C12H22N6O3. The molecule has 1 rings (SSSR count). The first-order valence-corrected chi connectivity index (χ1v) is 6.68. The summed E-state index contributed by atoms with van der Waals surface area (Å²) in [7, 11) is 1.60. The van der Waals surface area contributed by atoms with Gasteiger partial charge in [-0.15, -0.1) is 0 Å². The van der Waals surface area contributed by atoms with Gasteiger partial charge in [0, 0.05) is 19.6 Å². The third-order valence-electron chi connectivity index (χ3n) is 2.69. The number of likely N-dealkylation sites (N-methyl/N-ethyl adjacent to an activating group) is 1. The molecule has 1 unspecified atom stereocenters. The Hall–Kier alpha value is -2.16. The molecule has 1 aromatic heterocycles. The lowest BCUT2D eigenvalue weighted by molar-refractivity contribution is -0.138. The van der Waals surface area contributed by atoms with E-state index in [1.165, 1.54) is 4.90 Å². The fourth-order valence-corrected chi connectivity index (χ4v) is 1.43. The van der Waals surface area contributed by atoms with Gasteiger partial charge in [-0.3, -0.25) is 0 Å². The number of aromatic nitrogens is 3. The minimum Gasteiger partial charge on any atom is -0.480 e. The third-order valence-corrected chi connectivity index (χ3v) is 2.69. The first-order valence-electron chi connectivity index (χ1n) is 6.68. The van der Waals surface area contributed by atoms with Crippen LogP contribution in [0, 0.1) is 0 Å². The number of carbonyl (C=O) groups is 1. The number of hydrogen-bond donors (Lipinski definition) is 4. The molecule has 9 heteroatoms. The van der Waals surface area contributed by atoms with Crippen LogP contribution < -0.4 is 15.5 Å². The first kappa shape index (κ1) is 16.9. The maximum absolute atomic E-state index is 11.1. The summed E-state index contributed by atoms with van der Waals surface area (Å²) in [5.74, 6) is -0.105. The van der Waals surface area contributed by atoms with Gasteiger partial charge >= 0.3 is 5.97 Å². The molecule has 0 aliphatic heterocycles. The number of aliphatic hydroxyl groups is 1. The molecule has 0 amide bonds. The van der Waals surface area contributed by atoms with Crippen molar-refractivity contribution in [2.75, 3.05) is 35.7 Å². The van der Waals surface area contributed by atoms with Gasteiger partial charge in [0.25, 0.3) is 0 Å². The van der Waals surface area contributed by atoms with E-state index in [9.17, 15) is 4.79 Å². The summed E-state index contributed by atoms with van der Waals surface area (Å²) in [6.45, 7) is 5.66. The van der Waals surface area contributed by atoms with E-state index in [-0.39, 0.29) is 24.5 Å². The number of aliphatic carboxylic acids is 1. The van der Waals surface area contributed by atoms with E-state index >= 15 is 0 Å². The van der Waals surface area contributed by atoms with Gasteiger partial charge in [-0.1, -0.05) is 0 Å².